The zero-order valence-corrected chi connectivity index (χ0v) is 17.2. The Morgan fingerprint density at radius 1 is 1.17 bits per heavy atom. The van der Waals surface area contributed by atoms with Gasteiger partial charge in [-0.1, -0.05) is 6.92 Å². The van der Waals surface area contributed by atoms with E-state index in [1.165, 1.54) is 30.1 Å². The van der Waals surface area contributed by atoms with E-state index in [0.29, 0.717) is 12.1 Å². The molecule has 1 aliphatic rings. The van der Waals surface area contributed by atoms with Crippen LogP contribution in [0.25, 0.3) is 22.2 Å². The van der Waals surface area contributed by atoms with Gasteiger partial charge < -0.3 is 14.7 Å². The second-order valence-corrected chi connectivity index (χ2v) is 7.98. The molecule has 0 atom stereocenters. The number of likely N-dealkylation sites (tertiary alicyclic amines) is 1. The molecular formula is C23H27N3O3. The van der Waals surface area contributed by atoms with Gasteiger partial charge in [0.05, 0.1) is 11.2 Å². The first kappa shape index (κ1) is 19.5. The normalized spacial score (nSPS) is 14.7. The first-order valence-electron chi connectivity index (χ1n) is 10.2. The highest BCUT2D eigenvalue weighted by molar-refractivity contribution is 5.91. The van der Waals surface area contributed by atoms with Crippen molar-refractivity contribution in [2.75, 3.05) is 13.1 Å². The lowest BCUT2D eigenvalue weighted by atomic mass is 9.99. The number of fused-ring (bicyclic) bond motifs is 1. The Balaban J connectivity index is 1.82. The molecule has 6 heteroatoms. The Morgan fingerprint density at radius 2 is 1.90 bits per heavy atom. The van der Waals surface area contributed by atoms with Gasteiger partial charge in [0.15, 0.2) is 0 Å². The van der Waals surface area contributed by atoms with Crippen LogP contribution in [0.5, 0.6) is 0 Å². The minimum Gasteiger partial charge on any atom is -0.477 e. The maximum atomic E-state index is 12.3. The number of hydrogen-bond donors (Lipinski definition) is 2. The summed E-state index contributed by atoms with van der Waals surface area (Å²) in [4.78, 5) is 28.9. The lowest BCUT2D eigenvalue weighted by Gasteiger charge is -2.15. The van der Waals surface area contributed by atoms with Crippen molar-refractivity contribution in [3.05, 3.63) is 57.0 Å². The lowest BCUT2D eigenvalue weighted by molar-refractivity contribution is 0.0695. The standard InChI is InChI=1S/C23H27N3O3/c1-4-15-12-19(23(28)29)22(27)24-20(15)16-9-14(2)21-17(10-16)11-18(25(21)3)13-26-7-5-6-8-26/h9-12H,4-8,13H2,1-3H3,(H,24,27)(H,28,29). The van der Waals surface area contributed by atoms with Gasteiger partial charge >= 0.3 is 5.97 Å². The third-order valence-electron chi connectivity index (χ3n) is 6.03. The van der Waals surface area contributed by atoms with E-state index in [4.69, 9.17) is 0 Å². The molecule has 1 fully saturated rings. The monoisotopic (exact) mass is 393 g/mol. The molecule has 152 valence electrons. The zero-order valence-electron chi connectivity index (χ0n) is 17.2. The third kappa shape index (κ3) is 3.49. The summed E-state index contributed by atoms with van der Waals surface area (Å²) in [5, 5.41) is 10.4. The predicted octanol–water partition coefficient (Wildman–Crippen LogP) is 3.70. The smallest absolute Gasteiger partial charge is 0.341 e. The van der Waals surface area contributed by atoms with Crippen LogP contribution in [0.1, 0.15) is 46.9 Å². The van der Waals surface area contributed by atoms with Gasteiger partial charge in [0, 0.05) is 24.7 Å². The van der Waals surface area contributed by atoms with E-state index in [1.54, 1.807) is 0 Å². The lowest BCUT2D eigenvalue weighted by Crippen LogP contribution is -2.19. The van der Waals surface area contributed by atoms with Crippen LogP contribution in [0.2, 0.25) is 0 Å². The second kappa shape index (κ2) is 7.52. The fourth-order valence-corrected chi connectivity index (χ4v) is 4.53. The van der Waals surface area contributed by atoms with Gasteiger partial charge in [0.25, 0.3) is 5.56 Å². The largest absolute Gasteiger partial charge is 0.477 e. The molecule has 2 aromatic heterocycles. The Hall–Kier alpha value is -2.86. The Bertz CT molecular complexity index is 1150. The number of H-pyrrole nitrogens is 1. The molecule has 0 bridgehead atoms. The molecule has 1 saturated heterocycles. The van der Waals surface area contributed by atoms with Gasteiger partial charge in [-0.25, -0.2) is 4.79 Å². The van der Waals surface area contributed by atoms with Crippen molar-refractivity contribution in [2.24, 2.45) is 7.05 Å². The van der Waals surface area contributed by atoms with E-state index in [1.807, 2.05) is 6.92 Å². The maximum Gasteiger partial charge on any atom is 0.341 e. The van der Waals surface area contributed by atoms with E-state index in [9.17, 15) is 14.7 Å². The SMILES string of the molecule is CCc1cc(C(=O)O)c(=O)[nH]c1-c1cc(C)c2c(c1)cc(CN1CCCC1)n2C. The molecule has 3 aromatic rings. The highest BCUT2D eigenvalue weighted by atomic mass is 16.4. The van der Waals surface area contributed by atoms with Crippen molar-refractivity contribution in [3.8, 4) is 11.3 Å². The minimum atomic E-state index is -1.20. The van der Waals surface area contributed by atoms with Crippen molar-refractivity contribution >= 4 is 16.9 Å². The first-order chi connectivity index (χ1) is 13.9. The van der Waals surface area contributed by atoms with Crippen LogP contribution in [-0.2, 0) is 20.0 Å². The predicted molar refractivity (Wildman–Crippen MR) is 115 cm³/mol. The highest BCUT2D eigenvalue weighted by Gasteiger charge is 2.18. The minimum absolute atomic E-state index is 0.212. The van der Waals surface area contributed by atoms with Crippen molar-refractivity contribution < 1.29 is 9.90 Å². The summed E-state index contributed by atoms with van der Waals surface area (Å²) >= 11 is 0. The summed E-state index contributed by atoms with van der Waals surface area (Å²) in [5.41, 5.74) is 5.29. The molecule has 3 heterocycles. The number of hydrogen-bond acceptors (Lipinski definition) is 3. The number of rotatable bonds is 5. The zero-order chi connectivity index (χ0) is 20.7. The van der Waals surface area contributed by atoms with Crippen molar-refractivity contribution in [1.82, 2.24) is 14.5 Å². The molecule has 0 unspecified atom stereocenters. The summed E-state index contributed by atoms with van der Waals surface area (Å²) in [6.07, 6.45) is 3.18. The first-order valence-corrected chi connectivity index (χ1v) is 10.2. The summed E-state index contributed by atoms with van der Waals surface area (Å²) < 4.78 is 2.27. The molecule has 1 aromatic carbocycles. The number of aromatic amines is 1. The average molecular weight is 393 g/mol. The molecule has 0 amide bonds. The summed E-state index contributed by atoms with van der Waals surface area (Å²) in [5.74, 6) is -1.20. The van der Waals surface area contributed by atoms with Crippen molar-refractivity contribution in [1.29, 1.82) is 0 Å². The van der Waals surface area contributed by atoms with Gasteiger partial charge in [0.1, 0.15) is 5.56 Å². The van der Waals surface area contributed by atoms with E-state index >= 15 is 0 Å². The van der Waals surface area contributed by atoms with Crippen LogP contribution < -0.4 is 5.56 Å². The van der Waals surface area contributed by atoms with E-state index < -0.39 is 11.5 Å². The van der Waals surface area contributed by atoms with Crippen LogP contribution in [0.4, 0.5) is 0 Å². The van der Waals surface area contributed by atoms with Gasteiger partial charge in [-0.2, -0.15) is 0 Å². The number of carboxylic acids is 1. The molecule has 0 aliphatic carbocycles. The highest BCUT2D eigenvalue weighted by Crippen LogP contribution is 2.31. The molecule has 0 saturated carbocycles. The number of aromatic nitrogens is 2. The quantitative estimate of drug-likeness (QED) is 0.693. The molecule has 0 spiro atoms. The molecule has 6 nitrogen and oxygen atoms in total. The Labute approximate surface area is 169 Å². The number of aryl methyl sites for hydroxylation is 3. The van der Waals surface area contributed by atoms with Gasteiger partial charge in [-0.3, -0.25) is 9.69 Å². The summed E-state index contributed by atoms with van der Waals surface area (Å²) in [6.45, 7) is 7.31. The van der Waals surface area contributed by atoms with Crippen LogP contribution in [0.3, 0.4) is 0 Å². The maximum absolute atomic E-state index is 12.3. The van der Waals surface area contributed by atoms with Crippen LogP contribution in [0, 0.1) is 6.92 Å². The number of nitrogens with zero attached hydrogens (tertiary/aromatic N) is 2. The Morgan fingerprint density at radius 3 is 2.55 bits per heavy atom. The molecule has 4 rings (SSSR count). The number of carboxylic acid groups (broad SMARTS) is 1. The van der Waals surface area contributed by atoms with E-state index in [-0.39, 0.29) is 5.56 Å². The number of pyridine rings is 1. The number of nitrogens with one attached hydrogen (secondary N) is 1. The topological polar surface area (TPSA) is 78.3 Å². The van der Waals surface area contributed by atoms with Gasteiger partial charge in [-0.05, 0) is 80.2 Å². The van der Waals surface area contributed by atoms with Crippen molar-refractivity contribution in [2.45, 2.75) is 39.7 Å². The molecule has 1 aliphatic heterocycles. The fourth-order valence-electron chi connectivity index (χ4n) is 4.53. The van der Waals surface area contributed by atoms with Crippen LogP contribution in [-0.4, -0.2) is 38.6 Å². The van der Waals surface area contributed by atoms with Crippen molar-refractivity contribution in [3.63, 3.8) is 0 Å². The van der Waals surface area contributed by atoms with Crippen LogP contribution >= 0.6 is 0 Å². The summed E-state index contributed by atoms with van der Waals surface area (Å²) in [7, 11) is 2.11. The second-order valence-electron chi connectivity index (χ2n) is 7.98. The number of benzene rings is 1. The average Bonchev–Trinajstić information content (AvgIpc) is 3.30. The number of aromatic carboxylic acids is 1. The Kier molecular flexibility index (Phi) is 5.04. The van der Waals surface area contributed by atoms with Gasteiger partial charge in [0.2, 0.25) is 0 Å². The van der Waals surface area contributed by atoms with Gasteiger partial charge in [-0.15, -0.1) is 0 Å². The number of carbonyl (C=O) groups is 1. The third-order valence-corrected chi connectivity index (χ3v) is 6.03. The summed E-state index contributed by atoms with van der Waals surface area (Å²) in [6, 6.07) is 7.91. The van der Waals surface area contributed by atoms with E-state index in [0.717, 1.165) is 41.7 Å². The molecule has 0 radical (unpaired) electrons. The van der Waals surface area contributed by atoms with Crippen LogP contribution in [0.15, 0.2) is 29.1 Å². The fraction of sp³-hybridized carbons (Fsp3) is 0.391. The van der Waals surface area contributed by atoms with E-state index in [2.05, 4.69) is 46.6 Å². The molecule has 2 N–H and O–H groups in total. The molecule has 29 heavy (non-hydrogen) atoms. The molecular weight excluding hydrogens is 366 g/mol.